The maximum atomic E-state index is 11.5. The van der Waals surface area contributed by atoms with Crippen LogP contribution in [0.25, 0.3) is 0 Å². The van der Waals surface area contributed by atoms with Gasteiger partial charge in [0.15, 0.2) is 11.5 Å². The maximum absolute atomic E-state index is 11.5. The molecular weight excluding hydrogens is 262 g/mol. The molecule has 108 valence electrons. The van der Waals surface area contributed by atoms with E-state index in [0.717, 1.165) is 5.56 Å². The number of aliphatic carboxylic acids is 1. The fraction of sp³-hybridized carbons (Fsp3) is 0.429. The molecule has 1 amide bonds. The average Bonchev–Trinajstić information content (AvgIpc) is 2.79. The van der Waals surface area contributed by atoms with Gasteiger partial charge in [-0.15, -0.1) is 0 Å². The molecule has 1 aromatic rings. The van der Waals surface area contributed by atoms with E-state index in [4.69, 9.17) is 14.6 Å². The number of hydrogen-bond acceptors (Lipinski definition) is 4. The molecule has 20 heavy (non-hydrogen) atoms. The van der Waals surface area contributed by atoms with Gasteiger partial charge in [0, 0.05) is 18.4 Å². The number of amides is 1. The van der Waals surface area contributed by atoms with Crippen molar-refractivity contribution in [1.82, 2.24) is 5.32 Å². The quantitative estimate of drug-likeness (QED) is 0.837. The van der Waals surface area contributed by atoms with Gasteiger partial charge in [0.05, 0.1) is 20.6 Å². The second-order valence-corrected chi connectivity index (χ2v) is 4.87. The van der Waals surface area contributed by atoms with Gasteiger partial charge in [-0.2, -0.15) is 0 Å². The number of nitrogens with one attached hydrogen (secondary N) is 1. The summed E-state index contributed by atoms with van der Waals surface area (Å²) < 4.78 is 10.4. The fourth-order valence-corrected chi connectivity index (χ4v) is 2.59. The summed E-state index contributed by atoms with van der Waals surface area (Å²) in [6.45, 7) is 0.313. The zero-order valence-corrected chi connectivity index (χ0v) is 11.4. The first kappa shape index (κ1) is 14.2. The van der Waals surface area contributed by atoms with Crippen LogP contribution in [0.2, 0.25) is 0 Å². The predicted molar refractivity (Wildman–Crippen MR) is 71.1 cm³/mol. The van der Waals surface area contributed by atoms with E-state index in [1.807, 2.05) is 0 Å². The predicted octanol–water partition coefficient (Wildman–Crippen LogP) is 0.936. The molecule has 1 unspecified atom stereocenters. The Morgan fingerprint density at radius 3 is 2.55 bits per heavy atom. The Labute approximate surface area is 116 Å². The molecule has 0 radical (unpaired) electrons. The van der Waals surface area contributed by atoms with Crippen LogP contribution < -0.4 is 14.8 Å². The third-order valence-corrected chi connectivity index (χ3v) is 3.61. The van der Waals surface area contributed by atoms with Crippen LogP contribution in [0.1, 0.15) is 18.4 Å². The van der Waals surface area contributed by atoms with Gasteiger partial charge in [-0.05, 0) is 17.7 Å². The molecule has 2 rings (SSSR count). The molecule has 2 N–H and O–H groups in total. The number of rotatable bonds is 5. The number of methoxy groups -OCH3 is 2. The zero-order chi connectivity index (χ0) is 14.8. The lowest BCUT2D eigenvalue weighted by atomic mass is 9.76. The maximum Gasteiger partial charge on any atom is 0.304 e. The SMILES string of the molecule is COc1ccc(C2(CC(=O)O)CNC(=O)C2)cc1OC. The van der Waals surface area contributed by atoms with E-state index in [-0.39, 0.29) is 18.7 Å². The van der Waals surface area contributed by atoms with Gasteiger partial charge in [0.25, 0.3) is 0 Å². The summed E-state index contributed by atoms with van der Waals surface area (Å²) in [5.41, 5.74) is 0.0264. The molecule has 0 spiro atoms. The number of carbonyl (C=O) groups excluding carboxylic acids is 1. The van der Waals surface area contributed by atoms with E-state index < -0.39 is 11.4 Å². The van der Waals surface area contributed by atoms with Gasteiger partial charge >= 0.3 is 5.97 Å². The molecule has 1 aliphatic rings. The summed E-state index contributed by atoms with van der Waals surface area (Å²) in [5.74, 6) is 0.0189. The van der Waals surface area contributed by atoms with Gasteiger partial charge in [0.1, 0.15) is 0 Å². The number of carboxylic acids is 1. The Hall–Kier alpha value is -2.24. The zero-order valence-electron chi connectivity index (χ0n) is 11.4. The van der Waals surface area contributed by atoms with E-state index in [0.29, 0.717) is 18.0 Å². The molecule has 0 aromatic heterocycles. The van der Waals surface area contributed by atoms with E-state index >= 15 is 0 Å². The number of carboxylic acid groups (broad SMARTS) is 1. The summed E-state index contributed by atoms with van der Waals surface area (Å²) >= 11 is 0. The normalized spacial score (nSPS) is 21.4. The lowest BCUT2D eigenvalue weighted by molar-refractivity contribution is -0.138. The van der Waals surface area contributed by atoms with Crippen LogP contribution >= 0.6 is 0 Å². The summed E-state index contributed by atoms with van der Waals surface area (Å²) in [6.07, 6.45) is 0.0516. The number of benzene rings is 1. The topological polar surface area (TPSA) is 84.9 Å². The van der Waals surface area contributed by atoms with Crippen molar-refractivity contribution in [3.8, 4) is 11.5 Å². The molecule has 0 aliphatic carbocycles. The van der Waals surface area contributed by atoms with Crippen molar-refractivity contribution in [3.05, 3.63) is 23.8 Å². The molecule has 0 bridgehead atoms. The third kappa shape index (κ3) is 2.54. The van der Waals surface area contributed by atoms with Gasteiger partial charge in [0.2, 0.25) is 5.91 Å². The van der Waals surface area contributed by atoms with Crippen molar-refractivity contribution in [2.75, 3.05) is 20.8 Å². The first-order valence-electron chi connectivity index (χ1n) is 6.22. The molecule has 6 nitrogen and oxygen atoms in total. The Morgan fingerprint density at radius 1 is 1.35 bits per heavy atom. The molecule has 6 heteroatoms. The summed E-state index contributed by atoms with van der Waals surface area (Å²) in [7, 11) is 3.05. The molecule has 1 atom stereocenters. The van der Waals surface area contributed by atoms with Crippen LogP contribution in [0.5, 0.6) is 11.5 Å². The highest BCUT2D eigenvalue weighted by Gasteiger charge is 2.42. The highest BCUT2D eigenvalue weighted by atomic mass is 16.5. The summed E-state index contributed by atoms with van der Waals surface area (Å²) in [6, 6.07) is 5.24. The van der Waals surface area contributed by atoms with Crippen LogP contribution in [0.4, 0.5) is 0 Å². The van der Waals surface area contributed by atoms with Gasteiger partial charge in [-0.25, -0.2) is 0 Å². The van der Waals surface area contributed by atoms with Crippen molar-refractivity contribution in [2.24, 2.45) is 0 Å². The largest absolute Gasteiger partial charge is 0.493 e. The van der Waals surface area contributed by atoms with Crippen molar-refractivity contribution in [3.63, 3.8) is 0 Å². The average molecular weight is 279 g/mol. The monoisotopic (exact) mass is 279 g/mol. The Kier molecular flexibility index (Phi) is 3.83. The molecule has 1 heterocycles. The van der Waals surface area contributed by atoms with Gasteiger partial charge in [-0.3, -0.25) is 9.59 Å². The van der Waals surface area contributed by atoms with Crippen LogP contribution in [0, 0.1) is 0 Å². The second kappa shape index (κ2) is 5.40. The summed E-state index contributed by atoms with van der Waals surface area (Å²) in [5, 5.41) is 11.8. The first-order chi connectivity index (χ1) is 9.50. The second-order valence-electron chi connectivity index (χ2n) is 4.87. The molecular formula is C14H17NO5. The van der Waals surface area contributed by atoms with E-state index in [1.54, 1.807) is 18.2 Å². The molecule has 1 fully saturated rings. The number of hydrogen-bond donors (Lipinski definition) is 2. The van der Waals surface area contributed by atoms with Gasteiger partial charge in [-0.1, -0.05) is 6.07 Å². The highest BCUT2D eigenvalue weighted by molar-refractivity contribution is 5.83. The van der Waals surface area contributed by atoms with Crippen molar-refractivity contribution in [1.29, 1.82) is 0 Å². The molecule has 1 saturated heterocycles. The fourth-order valence-electron chi connectivity index (χ4n) is 2.59. The van der Waals surface area contributed by atoms with Crippen LogP contribution in [-0.2, 0) is 15.0 Å². The first-order valence-corrected chi connectivity index (χ1v) is 6.22. The van der Waals surface area contributed by atoms with E-state index in [1.165, 1.54) is 14.2 Å². The lowest BCUT2D eigenvalue weighted by Crippen LogP contribution is -2.31. The summed E-state index contributed by atoms with van der Waals surface area (Å²) in [4.78, 5) is 22.7. The van der Waals surface area contributed by atoms with Crippen molar-refractivity contribution in [2.45, 2.75) is 18.3 Å². The van der Waals surface area contributed by atoms with Crippen molar-refractivity contribution < 1.29 is 24.2 Å². The van der Waals surface area contributed by atoms with Crippen LogP contribution in [0.15, 0.2) is 18.2 Å². The highest BCUT2D eigenvalue weighted by Crippen LogP contribution is 2.39. The minimum absolute atomic E-state index is 0.110. The Bertz CT molecular complexity index is 542. The lowest BCUT2D eigenvalue weighted by Gasteiger charge is -2.26. The molecule has 1 aromatic carbocycles. The number of carbonyl (C=O) groups is 2. The Morgan fingerprint density at radius 2 is 2.05 bits per heavy atom. The van der Waals surface area contributed by atoms with Crippen molar-refractivity contribution >= 4 is 11.9 Å². The number of ether oxygens (including phenoxy) is 2. The standard InChI is InChI=1S/C14H17NO5/c1-19-10-4-3-9(5-11(10)20-2)14(7-13(17)18)6-12(16)15-8-14/h3-5H,6-8H2,1-2H3,(H,15,16)(H,17,18). The van der Waals surface area contributed by atoms with E-state index in [2.05, 4.69) is 5.32 Å². The molecule has 0 saturated carbocycles. The third-order valence-electron chi connectivity index (χ3n) is 3.61. The minimum Gasteiger partial charge on any atom is -0.493 e. The van der Waals surface area contributed by atoms with E-state index in [9.17, 15) is 9.59 Å². The minimum atomic E-state index is -0.934. The van der Waals surface area contributed by atoms with Crippen LogP contribution in [-0.4, -0.2) is 37.7 Å². The smallest absolute Gasteiger partial charge is 0.304 e. The van der Waals surface area contributed by atoms with Crippen LogP contribution in [0.3, 0.4) is 0 Å². The Balaban J connectivity index is 2.44. The molecule has 1 aliphatic heterocycles. The van der Waals surface area contributed by atoms with Gasteiger partial charge < -0.3 is 19.9 Å².